The molecule has 5 nitrogen and oxygen atoms in total. The fourth-order valence-electron chi connectivity index (χ4n) is 1.71. The van der Waals surface area contributed by atoms with Gasteiger partial charge in [-0.3, -0.25) is 4.79 Å². The first kappa shape index (κ1) is 10.7. The van der Waals surface area contributed by atoms with Gasteiger partial charge in [-0.1, -0.05) is 18.3 Å². The minimum Gasteiger partial charge on any atom is -0.295 e. The quantitative estimate of drug-likeness (QED) is 0.707. The summed E-state index contributed by atoms with van der Waals surface area (Å²) in [6.07, 6.45) is 1.19. The van der Waals surface area contributed by atoms with E-state index >= 15 is 0 Å². The number of sulfone groups is 1. The third-order valence-electron chi connectivity index (χ3n) is 2.56. The standard InChI is InChI=1S/C8H10N2O3S2/c1-8(2-3-15(12,13)5-8)7-10-9-6(4-11)14-7/h4H,2-3,5H2,1H3. The van der Waals surface area contributed by atoms with Crippen LogP contribution in [-0.2, 0) is 15.3 Å². The Morgan fingerprint density at radius 1 is 1.47 bits per heavy atom. The molecule has 1 fully saturated rings. The fraction of sp³-hybridized carbons (Fsp3) is 0.625. The van der Waals surface area contributed by atoms with Gasteiger partial charge in [0.1, 0.15) is 5.01 Å². The maximum absolute atomic E-state index is 11.4. The van der Waals surface area contributed by atoms with Crippen molar-refractivity contribution < 1.29 is 13.2 Å². The van der Waals surface area contributed by atoms with Crippen molar-refractivity contribution >= 4 is 27.5 Å². The van der Waals surface area contributed by atoms with E-state index in [1.807, 2.05) is 6.92 Å². The molecule has 0 radical (unpaired) electrons. The van der Waals surface area contributed by atoms with E-state index < -0.39 is 15.3 Å². The zero-order valence-corrected chi connectivity index (χ0v) is 9.77. The lowest BCUT2D eigenvalue weighted by molar-refractivity contribution is 0.112. The Hall–Kier alpha value is -0.820. The van der Waals surface area contributed by atoms with E-state index in [4.69, 9.17) is 0 Å². The van der Waals surface area contributed by atoms with Gasteiger partial charge in [-0.15, -0.1) is 10.2 Å². The van der Waals surface area contributed by atoms with E-state index in [2.05, 4.69) is 10.2 Å². The molecule has 7 heteroatoms. The van der Waals surface area contributed by atoms with E-state index in [0.29, 0.717) is 22.7 Å². The first-order valence-corrected chi connectivity index (χ1v) is 7.09. The van der Waals surface area contributed by atoms with Crippen LogP contribution in [0.25, 0.3) is 0 Å². The van der Waals surface area contributed by atoms with Gasteiger partial charge in [0.2, 0.25) is 0 Å². The maximum atomic E-state index is 11.4. The Labute approximate surface area is 91.5 Å². The van der Waals surface area contributed by atoms with Crippen LogP contribution in [0.2, 0.25) is 0 Å². The molecule has 1 atom stereocenters. The molecule has 1 unspecified atom stereocenters. The van der Waals surface area contributed by atoms with Crippen molar-refractivity contribution in [1.29, 1.82) is 0 Å². The van der Waals surface area contributed by atoms with Gasteiger partial charge in [-0.25, -0.2) is 8.42 Å². The summed E-state index contributed by atoms with van der Waals surface area (Å²) in [6.45, 7) is 1.85. The highest BCUT2D eigenvalue weighted by Gasteiger charge is 2.42. The van der Waals surface area contributed by atoms with Crippen LogP contribution >= 0.6 is 11.3 Å². The monoisotopic (exact) mass is 246 g/mol. The van der Waals surface area contributed by atoms with Gasteiger partial charge in [0.05, 0.1) is 11.5 Å². The SMILES string of the molecule is CC1(c2nnc(C=O)s2)CCS(=O)(=O)C1. The summed E-state index contributed by atoms with van der Waals surface area (Å²) in [5, 5.41) is 8.50. The molecule has 1 aliphatic rings. The van der Waals surface area contributed by atoms with E-state index in [0.717, 1.165) is 0 Å². The highest BCUT2D eigenvalue weighted by Crippen LogP contribution is 2.36. The predicted octanol–water partition coefficient (Wildman–Crippen LogP) is 0.427. The number of hydrogen-bond donors (Lipinski definition) is 0. The van der Waals surface area contributed by atoms with Gasteiger partial charge >= 0.3 is 0 Å². The molecule has 0 bridgehead atoms. The number of hydrogen-bond acceptors (Lipinski definition) is 6. The zero-order valence-electron chi connectivity index (χ0n) is 8.13. The van der Waals surface area contributed by atoms with Crippen LogP contribution in [-0.4, -0.2) is 36.4 Å². The molecule has 0 aromatic carbocycles. The topological polar surface area (TPSA) is 77.0 Å². The molecular formula is C8H10N2O3S2. The Morgan fingerprint density at radius 2 is 2.20 bits per heavy atom. The molecule has 82 valence electrons. The van der Waals surface area contributed by atoms with Crippen molar-refractivity contribution in [2.75, 3.05) is 11.5 Å². The molecule has 1 saturated heterocycles. The van der Waals surface area contributed by atoms with Crippen LogP contribution in [0.4, 0.5) is 0 Å². The minimum absolute atomic E-state index is 0.105. The normalized spacial score (nSPS) is 29.1. The van der Waals surface area contributed by atoms with Gasteiger partial charge in [0.25, 0.3) is 0 Å². The third kappa shape index (κ3) is 1.93. The lowest BCUT2D eigenvalue weighted by atomic mass is 9.91. The number of nitrogens with zero attached hydrogens (tertiary/aromatic N) is 2. The van der Waals surface area contributed by atoms with Crippen molar-refractivity contribution in [1.82, 2.24) is 10.2 Å². The minimum atomic E-state index is -2.95. The largest absolute Gasteiger partial charge is 0.295 e. The van der Waals surface area contributed by atoms with Gasteiger partial charge in [0, 0.05) is 5.41 Å². The van der Waals surface area contributed by atoms with Crippen LogP contribution in [0.5, 0.6) is 0 Å². The van der Waals surface area contributed by atoms with E-state index in [1.165, 1.54) is 11.3 Å². The van der Waals surface area contributed by atoms with E-state index in [-0.39, 0.29) is 11.5 Å². The molecule has 1 aliphatic heterocycles. The molecule has 2 heterocycles. The lowest BCUT2D eigenvalue weighted by Crippen LogP contribution is -2.23. The molecule has 1 aromatic rings. The Morgan fingerprint density at radius 3 is 2.67 bits per heavy atom. The Kier molecular flexibility index (Phi) is 2.38. The second kappa shape index (κ2) is 3.34. The number of carbonyl (C=O) groups is 1. The highest BCUT2D eigenvalue weighted by molar-refractivity contribution is 7.91. The van der Waals surface area contributed by atoms with Crippen molar-refractivity contribution in [3.63, 3.8) is 0 Å². The summed E-state index contributed by atoms with van der Waals surface area (Å²) in [5.41, 5.74) is -0.461. The first-order chi connectivity index (χ1) is 6.95. The Balaban J connectivity index is 2.35. The lowest BCUT2D eigenvalue weighted by Gasteiger charge is -2.16. The van der Waals surface area contributed by atoms with E-state index in [1.54, 1.807) is 0 Å². The summed E-state index contributed by atoms with van der Waals surface area (Å²) in [6, 6.07) is 0. The maximum Gasteiger partial charge on any atom is 0.180 e. The molecule has 0 N–H and O–H groups in total. The summed E-state index contributed by atoms with van der Waals surface area (Å²) in [4.78, 5) is 10.5. The van der Waals surface area contributed by atoms with Gasteiger partial charge < -0.3 is 0 Å². The second-order valence-corrected chi connectivity index (χ2v) is 7.16. The van der Waals surface area contributed by atoms with Crippen LogP contribution in [0.3, 0.4) is 0 Å². The highest BCUT2D eigenvalue weighted by atomic mass is 32.2. The van der Waals surface area contributed by atoms with Crippen LogP contribution in [0.15, 0.2) is 0 Å². The average molecular weight is 246 g/mol. The molecule has 2 rings (SSSR count). The number of rotatable bonds is 2. The van der Waals surface area contributed by atoms with Crippen LogP contribution < -0.4 is 0 Å². The van der Waals surface area contributed by atoms with Gasteiger partial charge in [-0.05, 0) is 6.42 Å². The molecule has 0 aliphatic carbocycles. The molecule has 0 saturated carbocycles. The summed E-state index contributed by atoms with van der Waals surface area (Å²) >= 11 is 1.17. The second-order valence-electron chi connectivity index (χ2n) is 3.97. The predicted molar refractivity (Wildman–Crippen MR) is 55.9 cm³/mol. The Bertz CT molecular complexity index is 494. The number of aromatic nitrogens is 2. The van der Waals surface area contributed by atoms with Crippen molar-refractivity contribution in [3.8, 4) is 0 Å². The molecule has 0 spiro atoms. The third-order valence-corrected chi connectivity index (χ3v) is 5.62. The smallest absolute Gasteiger partial charge is 0.180 e. The zero-order chi connectivity index (χ0) is 11.1. The van der Waals surface area contributed by atoms with Crippen LogP contribution in [0, 0.1) is 0 Å². The molecule has 1 aromatic heterocycles. The molecule has 0 amide bonds. The van der Waals surface area contributed by atoms with Crippen molar-refractivity contribution in [3.05, 3.63) is 10.0 Å². The van der Waals surface area contributed by atoms with Gasteiger partial charge in [-0.2, -0.15) is 0 Å². The number of aldehydes is 1. The van der Waals surface area contributed by atoms with Gasteiger partial charge in [0.15, 0.2) is 21.1 Å². The fourth-order valence-corrected chi connectivity index (χ4v) is 4.78. The molecule has 15 heavy (non-hydrogen) atoms. The summed E-state index contributed by atoms with van der Waals surface area (Å²) in [7, 11) is -2.95. The van der Waals surface area contributed by atoms with Crippen molar-refractivity contribution in [2.45, 2.75) is 18.8 Å². The van der Waals surface area contributed by atoms with E-state index in [9.17, 15) is 13.2 Å². The summed E-state index contributed by atoms with van der Waals surface area (Å²) < 4.78 is 22.8. The van der Waals surface area contributed by atoms with Crippen LogP contribution in [0.1, 0.15) is 28.2 Å². The van der Waals surface area contributed by atoms with Crippen molar-refractivity contribution in [2.24, 2.45) is 0 Å². The first-order valence-electron chi connectivity index (χ1n) is 4.45. The summed E-state index contributed by atoms with van der Waals surface area (Å²) in [5.74, 6) is 0.299. The average Bonchev–Trinajstić information content (AvgIpc) is 2.71. The molecular weight excluding hydrogens is 236 g/mol. The number of carbonyl (C=O) groups excluding carboxylic acids is 1.